The standard InChI is InChI=1S/C13H25NS/c1-4-6-7-8-9-10-13-14-12(5-2)11(3)15-13/h11,13H,4-10H2,1-3H3/t11-,13+/m0/s1. The zero-order valence-electron chi connectivity index (χ0n) is 10.5. The van der Waals surface area contributed by atoms with E-state index in [9.17, 15) is 0 Å². The molecule has 1 nitrogen and oxygen atoms in total. The van der Waals surface area contributed by atoms with E-state index in [-0.39, 0.29) is 0 Å². The van der Waals surface area contributed by atoms with E-state index in [0.29, 0.717) is 10.6 Å². The molecule has 0 unspecified atom stereocenters. The molecule has 1 aliphatic rings. The van der Waals surface area contributed by atoms with Gasteiger partial charge in [0.2, 0.25) is 0 Å². The second-order valence-corrected chi connectivity index (χ2v) is 5.93. The van der Waals surface area contributed by atoms with Gasteiger partial charge in [0.25, 0.3) is 0 Å². The second-order valence-electron chi connectivity index (χ2n) is 4.41. The minimum atomic E-state index is 0.580. The summed E-state index contributed by atoms with van der Waals surface area (Å²) in [7, 11) is 0. The number of rotatable bonds is 7. The van der Waals surface area contributed by atoms with Gasteiger partial charge in [0.15, 0.2) is 0 Å². The van der Waals surface area contributed by atoms with Gasteiger partial charge in [-0.2, -0.15) is 0 Å². The van der Waals surface area contributed by atoms with Crippen LogP contribution >= 0.6 is 11.8 Å². The normalized spacial score (nSPS) is 25.7. The molecular weight excluding hydrogens is 202 g/mol. The van der Waals surface area contributed by atoms with Gasteiger partial charge in [0.05, 0.1) is 5.37 Å². The molecular formula is C13H25NS. The van der Waals surface area contributed by atoms with Gasteiger partial charge in [-0.3, -0.25) is 4.99 Å². The van der Waals surface area contributed by atoms with Crippen molar-refractivity contribution in [3.05, 3.63) is 0 Å². The molecule has 0 saturated carbocycles. The van der Waals surface area contributed by atoms with Gasteiger partial charge in [-0.15, -0.1) is 11.8 Å². The molecule has 0 aromatic rings. The Bertz CT molecular complexity index is 201. The first-order valence-corrected chi connectivity index (χ1v) is 7.44. The Hall–Kier alpha value is 0.0200. The zero-order chi connectivity index (χ0) is 11.1. The number of unbranched alkanes of at least 4 members (excludes halogenated alkanes) is 4. The van der Waals surface area contributed by atoms with E-state index in [2.05, 4.69) is 32.5 Å². The van der Waals surface area contributed by atoms with E-state index in [1.54, 1.807) is 0 Å². The predicted octanol–water partition coefficient (Wildman–Crippen LogP) is 4.66. The molecule has 1 heterocycles. The predicted molar refractivity (Wildman–Crippen MR) is 71.9 cm³/mol. The van der Waals surface area contributed by atoms with Gasteiger partial charge >= 0.3 is 0 Å². The van der Waals surface area contributed by atoms with Crippen LogP contribution in [-0.2, 0) is 0 Å². The summed E-state index contributed by atoms with van der Waals surface area (Å²) in [6, 6.07) is 0. The van der Waals surface area contributed by atoms with Crippen LogP contribution in [-0.4, -0.2) is 16.3 Å². The first-order chi connectivity index (χ1) is 7.27. The molecule has 2 heteroatoms. The van der Waals surface area contributed by atoms with Gasteiger partial charge in [0.1, 0.15) is 0 Å². The summed E-state index contributed by atoms with van der Waals surface area (Å²) >= 11 is 2.06. The molecule has 0 aliphatic carbocycles. The topological polar surface area (TPSA) is 12.4 Å². The van der Waals surface area contributed by atoms with Crippen LogP contribution in [0.15, 0.2) is 4.99 Å². The number of aliphatic imine (C=N–C) groups is 1. The van der Waals surface area contributed by atoms with E-state index in [1.165, 1.54) is 44.2 Å². The molecule has 0 amide bonds. The minimum Gasteiger partial charge on any atom is -0.279 e. The molecule has 1 aliphatic heterocycles. The van der Waals surface area contributed by atoms with E-state index >= 15 is 0 Å². The average molecular weight is 227 g/mol. The second kappa shape index (κ2) is 7.32. The number of thioether (sulfide) groups is 1. The molecule has 88 valence electrons. The molecule has 0 saturated heterocycles. The average Bonchev–Trinajstić information content (AvgIpc) is 2.59. The van der Waals surface area contributed by atoms with Gasteiger partial charge in [0, 0.05) is 11.0 Å². The van der Waals surface area contributed by atoms with Gasteiger partial charge < -0.3 is 0 Å². The minimum absolute atomic E-state index is 0.580. The summed E-state index contributed by atoms with van der Waals surface area (Å²) in [5, 5.41) is 1.26. The summed E-state index contributed by atoms with van der Waals surface area (Å²) in [5.74, 6) is 0. The van der Waals surface area contributed by atoms with Crippen molar-refractivity contribution in [2.45, 2.75) is 76.3 Å². The first-order valence-electron chi connectivity index (χ1n) is 6.50. The summed E-state index contributed by atoms with van der Waals surface area (Å²) in [5.41, 5.74) is 1.43. The highest BCUT2D eigenvalue weighted by molar-refractivity contribution is 8.01. The van der Waals surface area contributed by atoms with Crippen LogP contribution in [0.4, 0.5) is 0 Å². The Kier molecular flexibility index (Phi) is 6.39. The van der Waals surface area contributed by atoms with Gasteiger partial charge in [-0.25, -0.2) is 0 Å². The molecule has 1 rings (SSSR count). The van der Waals surface area contributed by atoms with Crippen molar-refractivity contribution in [3.63, 3.8) is 0 Å². The fraction of sp³-hybridized carbons (Fsp3) is 0.923. The molecule has 0 N–H and O–H groups in total. The third-order valence-corrected chi connectivity index (χ3v) is 4.39. The van der Waals surface area contributed by atoms with Crippen molar-refractivity contribution in [1.29, 1.82) is 0 Å². The van der Waals surface area contributed by atoms with Crippen molar-refractivity contribution in [1.82, 2.24) is 0 Å². The van der Waals surface area contributed by atoms with Crippen LogP contribution in [0.2, 0.25) is 0 Å². The highest BCUT2D eigenvalue weighted by Gasteiger charge is 2.23. The van der Waals surface area contributed by atoms with Crippen LogP contribution in [0.25, 0.3) is 0 Å². The van der Waals surface area contributed by atoms with E-state index in [4.69, 9.17) is 4.99 Å². The summed E-state index contributed by atoms with van der Waals surface area (Å²) in [6.45, 7) is 6.79. The van der Waals surface area contributed by atoms with Crippen molar-refractivity contribution in [2.75, 3.05) is 0 Å². The van der Waals surface area contributed by atoms with Crippen LogP contribution in [0.1, 0.15) is 65.7 Å². The lowest BCUT2D eigenvalue weighted by atomic mass is 10.1. The molecule has 0 aromatic carbocycles. The highest BCUT2D eigenvalue weighted by Crippen LogP contribution is 2.32. The van der Waals surface area contributed by atoms with Crippen molar-refractivity contribution in [3.8, 4) is 0 Å². The third-order valence-electron chi connectivity index (χ3n) is 3.06. The lowest BCUT2D eigenvalue weighted by Gasteiger charge is -2.07. The smallest absolute Gasteiger partial charge is 0.0957 e. The lowest BCUT2D eigenvalue weighted by molar-refractivity contribution is 0.603. The Labute approximate surface area is 99.1 Å². The Balaban J connectivity index is 2.10. The quantitative estimate of drug-likeness (QED) is 0.576. The number of hydrogen-bond acceptors (Lipinski definition) is 2. The molecule has 2 atom stereocenters. The maximum atomic E-state index is 4.78. The molecule has 0 spiro atoms. The largest absolute Gasteiger partial charge is 0.279 e. The number of nitrogens with zero attached hydrogens (tertiary/aromatic N) is 1. The summed E-state index contributed by atoms with van der Waals surface area (Å²) in [4.78, 5) is 4.78. The Morgan fingerprint density at radius 2 is 1.87 bits per heavy atom. The highest BCUT2D eigenvalue weighted by atomic mass is 32.2. The van der Waals surface area contributed by atoms with Gasteiger partial charge in [-0.05, 0) is 19.8 Å². The molecule has 15 heavy (non-hydrogen) atoms. The monoisotopic (exact) mass is 227 g/mol. The zero-order valence-corrected chi connectivity index (χ0v) is 11.3. The van der Waals surface area contributed by atoms with Crippen LogP contribution < -0.4 is 0 Å². The summed E-state index contributed by atoms with van der Waals surface area (Å²) in [6.07, 6.45) is 9.35. The van der Waals surface area contributed by atoms with Crippen molar-refractivity contribution >= 4 is 17.5 Å². The Morgan fingerprint density at radius 1 is 1.13 bits per heavy atom. The van der Waals surface area contributed by atoms with E-state index in [0.717, 1.165) is 6.42 Å². The maximum Gasteiger partial charge on any atom is 0.0957 e. The Morgan fingerprint density at radius 3 is 2.47 bits per heavy atom. The van der Waals surface area contributed by atoms with Crippen LogP contribution in [0.5, 0.6) is 0 Å². The van der Waals surface area contributed by atoms with Crippen LogP contribution in [0, 0.1) is 0 Å². The van der Waals surface area contributed by atoms with Crippen molar-refractivity contribution in [2.24, 2.45) is 4.99 Å². The van der Waals surface area contributed by atoms with Gasteiger partial charge in [-0.1, -0.05) is 46.0 Å². The fourth-order valence-corrected chi connectivity index (χ4v) is 3.42. The summed E-state index contributed by atoms with van der Waals surface area (Å²) < 4.78 is 0. The molecule has 0 fully saturated rings. The van der Waals surface area contributed by atoms with E-state index in [1.807, 2.05) is 0 Å². The van der Waals surface area contributed by atoms with E-state index < -0.39 is 0 Å². The maximum absolute atomic E-state index is 4.78. The number of hydrogen-bond donors (Lipinski definition) is 0. The first kappa shape index (κ1) is 13.1. The molecule has 0 bridgehead atoms. The SMILES string of the molecule is CCCCCCC[C@@H]1N=C(CC)[C@H](C)S1. The molecule has 0 radical (unpaired) electrons. The van der Waals surface area contributed by atoms with Crippen molar-refractivity contribution < 1.29 is 0 Å². The lowest BCUT2D eigenvalue weighted by Crippen LogP contribution is -2.06. The molecule has 0 aromatic heterocycles. The fourth-order valence-electron chi connectivity index (χ4n) is 2.07. The third kappa shape index (κ3) is 4.58. The van der Waals surface area contributed by atoms with Crippen LogP contribution in [0.3, 0.4) is 0 Å².